The van der Waals surface area contributed by atoms with Crippen molar-refractivity contribution in [2.24, 2.45) is 0 Å². The van der Waals surface area contributed by atoms with Crippen molar-refractivity contribution in [1.82, 2.24) is 19.9 Å². The first-order valence-electron chi connectivity index (χ1n) is 10.3. The van der Waals surface area contributed by atoms with Gasteiger partial charge in [-0.15, -0.1) is 0 Å². The minimum absolute atomic E-state index is 0.0958. The number of halogens is 1. The number of aromatic nitrogens is 4. The number of aromatic amines is 2. The molecule has 0 spiro atoms. The van der Waals surface area contributed by atoms with Crippen LogP contribution in [0.25, 0.3) is 33.3 Å². The Morgan fingerprint density at radius 1 is 1.00 bits per heavy atom. The Morgan fingerprint density at radius 3 is 2.59 bits per heavy atom. The van der Waals surface area contributed by atoms with E-state index in [-0.39, 0.29) is 11.8 Å². The fourth-order valence-electron chi connectivity index (χ4n) is 4.10. The van der Waals surface area contributed by atoms with Crippen molar-refractivity contribution in [1.29, 1.82) is 0 Å². The van der Waals surface area contributed by atoms with Gasteiger partial charge >= 0.3 is 0 Å². The van der Waals surface area contributed by atoms with Crippen LogP contribution in [0.5, 0.6) is 5.75 Å². The first-order valence-corrected chi connectivity index (χ1v) is 10.3. The molecule has 0 fully saturated rings. The fraction of sp³-hybridized carbons (Fsp3) is 0.120. The molecule has 0 saturated carbocycles. The van der Waals surface area contributed by atoms with E-state index in [1.165, 1.54) is 12.4 Å². The van der Waals surface area contributed by atoms with Gasteiger partial charge in [0.05, 0.1) is 11.4 Å². The van der Waals surface area contributed by atoms with Crippen molar-refractivity contribution >= 4 is 16.9 Å². The number of rotatable bonds is 5. The summed E-state index contributed by atoms with van der Waals surface area (Å²) in [6.07, 6.45) is 3.23. The van der Waals surface area contributed by atoms with Crippen molar-refractivity contribution in [3.8, 4) is 28.0 Å². The fourth-order valence-corrected chi connectivity index (χ4v) is 4.10. The molecule has 2 aromatic carbocycles. The predicted molar refractivity (Wildman–Crippen MR) is 124 cm³/mol. The highest BCUT2D eigenvalue weighted by molar-refractivity contribution is 6.02. The number of benzene rings is 2. The lowest BCUT2D eigenvalue weighted by Gasteiger charge is -2.17. The molecule has 0 aliphatic rings. The van der Waals surface area contributed by atoms with Crippen LogP contribution < -0.4 is 5.32 Å². The Hall–Kier alpha value is -4.13. The van der Waals surface area contributed by atoms with E-state index in [4.69, 9.17) is 0 Å². The normalized spacial score (nSPS) is 12.2. The molecule has 0 unspecified atom stereocenters. The van der Waals surface area contributed by atoms with Crippen LogP contribution in [0.3, 0.4) is 0 Å². The topological polar surface area (TPSA) is 89.6 Å². The average Bonchev–Trinajstić information content (AvgIpc) is 3.39. The van der Waals surface area contributed by atoms with Crippen LogP contribution in [-0.2, 0) is 0 Å². The van der Waals surface area contributed by atoms with Gasteiger partial charge in [-0.1, -0.05) is 30.3 Å². The molecule has 3 aromatic heterocycles. The van der Waals surface area contributed by atoms with Crippen LogP contribution in [0.4, 0.5) is 10.2 Å². The molecule has 0 amide bonds. The van der Waals surface area contributed by atoms with Crippen molar-refractivity contribution in [3.63, 3.8) is 0 Å². The number of phenols is 1. The van der Waals surface area contributed by atoms with Gasteiger partial charge in [0.25, 0.3) is 0 Å². The summed E-state index contributed by atoms with van der Waals surface area (Å²) in [6, 6.07) is 16.2. The maximum absolute atomic E-state index is 13.5. The molecule has 5 aromatic rings. The Morgan fingerprint density at radius 2 is 1.81 bits per heavy atom. The average molecular weight is 427 g/mol. The highest BCUT2D eigenvalue weighted by Crippen LogP contribution is 2.38. The summed E-state index contributed by atoms with van der Waals surface area (Å²) in [5.74, 6) is -0.0151. The zero-order chi connectivity index (χ0) is 22.2. The molecule has 3 heterocycles. The van der Waals surface area contributed by atoms with Gasteiger partial charge in [-0.25, -0.2) is 14.4 Å². The molecule has 0 aliphatic heterocycles. The van der Waals surface area contributed by atoms with Gasteiger partial charge in [-0.3, -0.25) is 0 Å². The van der Waals surface area contributed by atoms with E-state index in [0.29, 0.717) is 22.6 Å². The molecule has 32 heavy (non-hydrogen) atoms. The molecule has 4 N–H and O–H groups in total. The molecule has 160 valence electrons. The monoisotopic (exact) mass is 427 g/mol. The lowest BCUT2D eigenvalue weighted by atomic mass is 10.0. The number of aryl methyl sites for hydroxylation is 1. The molecule has 7 heteroatoms. The van der Waals surface area contributed by atoms with Crippen LogP contribution >= 0.6 is 0 Å². The Kier molecular flexibility index (Phi) is 4.86. The van der Waals surface area contributed by atoms with E-state index >= 15 is 0 Å². The van der Waals surface area contributed by atoms with E-state index in [9.17, 15) is 9.50 Å². The molecule has 5 rings (SSSR count). The summed E-state index contributed by atoms with van der Waals surface area (Å²) in [6.45, 7) is 4.10. The van der Waals surface area contributed by atoms with Crippen molar-refractivity contribution < 1.29 is 9.50 Å². The van der Waals surface area contributed by atoms with Gasteiger partial charge in [0.15, 0.2) is 0 Å². The van der Waals surface area contributed by atoms with Crippen LogP contribution in [0, 0.1) is 12.7 Å². The van der Waals surface area contributed by atoms with E-state index in [2.05, 4.69) is 50.4 Å². The van der Waals surface area contributed by atoms with Gasteiger partial charge in [0, 0.05) is 40.3 Å². The van der Waals surface area contributed by atoms with E-state index in [1.54, 1.807) is 12.3 Å². The number of nitrogens with one attached hydrogen (secondary N) is 3. The molecule has 6 nitrogen and oxygen atoms in total. The SMILES string of the molecule is Cc1cc(-c2ccccc2)c([C@H](C)Nc2ncnc3[nH]cc(-c4ccc(F)cc4O)c23)[nH]1. The third kappa shape index (κ3) is 3.47. The highest BCUT2D eigenvalue weighted by Gasteiger charge is 2.20. The van der Waals surface area contributed by atoms with Crippen molar-refractivity contribution in [2.45, 2.75) is 19.9 Å². The first-order chi connectivity index (χ1) is 15.5. The van der Waals surface area contributed by atoms with Crippen molar-refractivity contribution in [3.05, 3.63) is 84.3 Å². The second kappa shape index (κ2) is 7.85. The lowest BCUT2D eigenvalue weighted by molar-refractivity contribution is 0.471. The summed E-state index contributed by atoms with van der Waals surface area (Å²) in [5.41, 5.74) is 6.19. The number of aromatic hydroxyl groups is 1. The first kappa shape index (κ1) is 19.8. The van der Waals surface area contributed by atoms with E-state index < -0.39 is 5.82 Å². The number of anilines is 1. The van der Waals surface area contributed by atoms with Crippen LogP contribution in [0.15, 0.2) is 67.1 Å². The highest BCUT2D eigenvalue weighted by atomic mass is 19.1. The molecule has 0 aliphatic carbocycles. The summed E-state index contributed by atoms with van der Waals surface area (Å²) >= 11 is 0. The number of hydrogen-bond acceptors (Lipinski definition) is 4. The van der Waals surface area contributed by atoms with Crippen molar-refractivity contribution in [2.75, 3.05) is 5.32 Å². The molecule has 0 saturated heterocycles. The summed E-state index contributed by atoms with van der Waals surface area (Å²) in [5, 5.41) is 14.5. The van der Waals surface area contributed by atoms with Crippen LogP contribution in [0.1, 0.15) is 24.4 Å². The third-order valence-electron chi connectivity index (χ3n) is 5.57. The lowest BCUT2D eigenvalue weighted by Crippen LogP contribution is -2.10. The zero-order valence-corrected chi connectivity index (χ0v) is 17.6. The standard InChI is InChI=1S/C25H22FN5O/c1-14-10-19(16-6-4-3-5-7-16)23(30-14)15(2)31-25-22-20(12-27-24(22)28-13-29-25)18-9-8-17(26)11-21(18)32/h3-13,15,30,32H,1-2H3,(H2,27,28,29,31)/t15-/m0/s1. The maximum Gasteiger partial charge on any atom is 0.143 e. The quantitative estimate of drug-likeness (QED) is 0.279. The number of H-pyrrole nitrogens is 2. The molecule has 0 bridgehead atoms. The second-order valence-corrected chi connectivity index (χ2v) is 7.82. The van der Waals surface area contributed by atoms with E-state index in [0.717, 1.165) is 34.0 Å². The predicted octanol–water partition coefficient (Wildman–Crippen LogP) is 5.95. The Labute approximate surface area is 184 Å². The van der Waals surface area contributed by atoms with Crippen LogP contribution in [-0.4, -0.2) is 25.0 Å². The number of phenolic OH excluding ortho intramolecular Hbond substituents is 1. The Balaban J connectivity index is 1.57. The molecular formula is C25H22FN5O. The summed E-state index contributed by atoms with van der Waals surface area (Å²) in [7, 11) is 0. The molecule has 0 radical (unpaired) electrons. The summed E-state index contributed by atoms with van der Waals surface area (Å²) in [4.78, 5) is 15.4. The largest absolute Gasteiger partial charge is 0.507 e. The van der Waals surface area contributed by atoms with Gasteiger partial charge in [0.1, 0.15) is 29.4 Å². The zero-order valence-electron chi connectivity index (χ0n) is 17.6. The van der Waals surface area contributed by atoms with Gasteiger partial charge < -0.3 is 20.4 Å². The number of fused-ring (bicyclic) bond motifs is 1. The summed E-state index contributed by atoms with van der Waals surface area (Å²) < 4.78 is 13.5. The van der Waals surface area contributed by atoms with E-state index in [1.807, 2.05) is 25.1 Å². The molecule has 1 atom stereocenters. The Bertz CT molecular complexity index is 1410. The molecular weight excluding hydrogens is 405 g/mol. The minimum Gasteiger partial charge on any atom is -0.507 e. The van der Waals surface area contributed by atoms with Gasteiger partial charge in [0.2, 0.25) is 0 Å². The maximum atomic E-state index is 13.5. The number of hydrogen-bond donors (Lipinski definition) is 4. The van der Waals surface area contributed by atoms with Gasteiger partial charge in [-0.05, 0) is 37.6 Å². The smallest absolute Gasteiger partial charge is 0.143 e. The van der Waals surface area contributed by atoms with Crippen LogP contribution in [0.2, 0.25) is 0 Å². The third-order valence-corrected chi connectivity index (χ3v) is 5.57. The van der Waals surface area contributed by atoms with Gasteiger partial charge in [-0.2, -0.15) is 0 Å². The second-order valence-electron chi connectivity index (χ2n) is 7.82. The minimum atomic E-state index is -0.495. The number of nitrogens with zero attached hydrogens (tertiary/aromatic N) is 2.